The summed E-state index contributed by atoms with van der Waals surface area (Å²) in [6, 6.07) is 14.8. The number of methoxy groups -OCH3 is 1. The third kappa shape index (κ3) is 5.12. The lowest BCUT2D eigenvalue weighted by atomic mass is 9.79. The summed E-state index contributed by atoms with van der Waals surface area (Å²) >= 11 is 0. The number of ether oxygens (including phenoxy) is 1. The van der Waals surface area contributed by atoms with Crippen LogP contribution in [-0.2, 0) is 4.79 Å². The highest BCUT2D eigenvalue weighted by atomic mass is 16.5. The third-order valence-corrected chi connectivity index (χ3v) is 7.21. The van der Waals surface area contributed by atoms with Crippen molar-refractivity contribution in [2.24, 2.45) is 11.8 Å². The van der Waals surface area contributed by atoms with Crippen molar-refractivity contribution in [1.82, 2.24) is 15.1 Å². The van der Waals surface area contributed by atoms with Crippen molar-refractivity contribution in [3.05, 3.63) is 65.2 Å². The first kappa shape index (κ1) is 24.3. The number of rotatable bonds is 7. The molecule has 2 aliphatic rings. The molecule has 1 fully saturated rings. The number of nitrogens with zero attached hydrogens (tertiary/aromatic N) is 2. The van der Waals surface area contributed by atoms with Gasteiger partial charge in [-0.25, -0.2) is 0 Å². The lowest BCUT2D eigenvalue weighted by molar-refractivity contribution is -0.124. The van der Waals surface area contributed by atoms with Gasteiger partial charge in [0, 0.05) is 32.2 Å². The highest BCUT2D eigenvalue weighted by molar-refractivity contribution is 6.01. The zero-order chi connectivity index (χ0) is 24.2. The normalized spacial score (nSPS) is 25.1. The second-order valence-corrected chi connectivity index (χ2v) is 10.0. The molecule has 0 saturated carbocycles. The van der Waals surface area contributed by atoms with Gasteiger partial charge in [-0.05, 0) is 60.5 Å². The first-order chi connectivity index (χ1) is 16.4. The number of piperidine rings is 1. The molecule has 2 heterocycles. The molecular formula is C28H37N3O3. The minimum atomic E-state index is -0.470. The Hall–Kier alpha value is -2.86. The first-order valence-corrected chi connectivity index (χ1v) is 12.4. The Morgan fingerprint density at radius 2 is 1.74 bits per heavy atom. The lowest BCUT2D eigenvalue weighted by Gasteiger charge is -2.40. The number of likely N-dealkylation sites (N-methyl/N-ethyl adjacent to an activating group) is 1. The molecule has 2 aromatic rings. The minimum Gasteiger partial charge on any atom is -0.497 e. The number of carbonyl (C=O) groups is 2. The van der Waals surface area contributed by atoms with Crippen LogP contribution >= 0.6 is 0 Å². The first-order valence-electron chi connectivity index (χ1n) is 12.4. The summed E-state index contributed by atoms with van der Waals surface area (Å²) < 4.78 is 5.30. The summed E-state index contributed by atoms with van der Waals surface area (Å²) in [5, 5.41) is 3.18. The number of nitrogens with one attached hydrogen (secondary N) is 1. The van der Waals surface area contributed by atoms with Gasteiger partial charge in [0.1, 0.15) is 5.75 Å². The van der Waals surface area contributed by atoms with E-state index in [0.717, 1.165) is 54.8 Å². The summed E-state index contributed by atoms with van der Waals surface area (Å²) in [7, 11) is 3.41. The average molecular weight is 464 g/mol. The summed E-state index contributed by atoms with van der Waals surface area (Å²) in [6.07, 6.45) is 2.22. The van der Waals surface area contributed by atoms with Crippen molar-refractivity contribution >= 4 is 11.8 Å². The standard InChI is InChI=1S/C28H37N3O3/c1-19-16-20(2)18-31(17-19)15-7-14-29-27(32)25-23-8-5-6-9-24(23)28(33)30(3)26(25)21-10-12-22(34-4)13-11-21/h5-6,8-13,19-20,25-26H,7,14-18H2,1-4H3,(H,29,32)/t19-,20+,25-,26+/m0/s1. The number of carbonyl (C=O) groups excluding carboxylic acids is 2. The Labute approximate surface area is 203 Å². The fraction of sp³-hybridized carbons (Fsp3) is 0.500. The van der Waals surface area contributed by atoms with Gasteiger partial charge >= 0.3 is 0 Å². The second kappa shape index (κ2) is 10.6. The molecule has 0 radical (unpaired) electrons. The fourth-order valence-corrected chi connectivity index (χ4v) is 5.77. The van der Waals surface area contributed by atoms with E-state index in [1.807, 2.05) is 48.5 Å². The molecule has 1 N–H and O–H groups in total. The van der Waals surface area contributed by atoms with E-state index in [1.54, 1.807) is 19.1 Å². The maximum absolute atomic E-state index is 13.6. The molecule has 2 aromatic carbocycles. The molecule has 182 valence electrons. The van der Waals surface area contributed by atoms with Crippen LogP contribution in [0.1, 0.15) is 60.1 Å². The number of fused-ring (bicyclic) bond motifs is 1. The van der Waals surface area contributed by atoms with Crippen LogP contribution in [0, 0.1) is 11.8 Å². The number of likely N-dealkylation sites (tertiary alicyclic amines) is 1. The van der Waals surface area contributed by atoms with E-state index >= 15 is 0 Å². The van der Waals surface area contributed by atoms with Crippen LogP contribution in [0.3, 0.4) is 0 Å². The molecule has 4 rings (SSSR count). The van der Waals surface area contributed by atoms with Gasteiger partial charge in [-0.1, -0.05) is 44.2 Å². The largest absolute Gasteiger partial charge is 0.497 e. The van der Waals surface area contributed by atoms with E-state index in [0.29, 0.717) is 12.1 Å². The molecule has 34 heavy (non-hydrogen) atoms. The van der Waals surface area contributed by atoms with Crippen LogP contribution in [0.5, 0.6) is 5.75 Å². The van der Waals surface area contributed by atoms with Crippen molar-refractivity contribution < 1.29 is 14.3 Å². The summed E-state index contributed by atoms with van der Waals surface area (Å²) in [6.45, 7) is 8.55. The highest BCUT2D eigenvalue weighted by Gasteiger charge is 2.42. The van der Waals surface area contributed by atoms with Crippen LogP contribution in [0.4, 0.5) is 0 Å². The molecule has 4 atom stereocenters. The van der Waals surface area contributed by atoms with Crippen molar-refractivity contribution in [2.45, 2.75) is 38.6 Å². The molecule has 0 aromatic heterocycles. The maximum atomic E-state index is 13.6. The molecule has 1 saturated heterocycles. The van der Waals surface area contributed by atoms with E-state index in [-0.39, 0.29) is 17.9 Å². The Balaban J connectivity index is 1.50. The van der Waals surface area contributed by atoms with Crippen LogP contribution in [0.15, 0.2) is 48.5 Å². The quantitative estimate of drug-likeness (QED) is 0.629. The molecular weight excluding hydrogens is 426 g/mol. The fourth-order valence-electron chi connectivity index (χ4n) is 5.77. The predicted octanol–water partition coefficient (Wildman–Crippen LogP) is 4.09. The maximum Gasteiger partial charge on any atom is 0.254 e. The average Bonchev–Trinajstić information content (AvgIpc) is 2.83. The van der Waals surface area contributed by atoms with Gasteiger partial charge in [-0.3, -0.25) is 9.59 Å². The smallest absolute Gasteiger partial charge is 0.254 e. The molecule has 0 aliphatic carbocycles. The summed E-state index contributed by atoms with van der Waals surface area (Å²) in [5.41, 5.74) is 2.32. The van der Waals surface area contributed by atoms with Gasteiger partial charge < -0.3 is 19.9 Å². The van der Waals surface area contributed by atoms with Crippen molar-refractivity contribution in [1.29, 1.82) is 0 Å². The van der Waals surface area contributed by atoms with E-state index < -0.39 is 5.92 Å². The van der Waals surface area contributed by atoms with E-state index in [1.165, 1.54) is 6.42 Å². The Bertz CT molecular complexity index is 996. The Kier molecular flexibility index (Phi) is 7.57. The number of hydrogen-bond acceptors (Lipinski definition) is 4. The van der Waals surface area contributed by atoms with E-state index in [4.69, 9.17) is 4.74 Å². The Morgan fingerprint density at radius 1 is 1.06 bits per heavy atom. The number of benzene rings is 2. The van der Waals surface area contributed by atoms with Gasteiger partial charge in [-0.2, -0.15) is 0 Å². The van der Waals surface area contributed by atoms with Crippen LogP contribution in [0.2, 0.25) is 0 Å². The zero-order valence-corrected chi connectivity index (χ0v) is 20.8. The topological polar surface area (TPSA) is 61.9 Å². The van der Waals surface area contributed by atoms with Crippen molar-refractivity contribution in [3.63, 3.8) is 0 Å². The predicted molar refractivity (Wildman–Crippen MR) is 134 cm³/mol. The zero-order valence-electron chi connectivity index (χ0n) is 20.8. The van der Waals surface area contributed by atoms with Gasteiger partial charge in [0.05, 0.1) is 19.1 Å². The molecule has 6 heteroatoms. The van der Waals surface area contributed by atoms with Gasteiger partial charge in [-0.15, -0.1) is 0 Å². The number of amides is 2. The Morgan fingerprint density at radius 3 is 2.41 bits per heavy atom. The SMILES string of the molecule is COc1ccc([C@@H]2[C@@H](C(=O)NCCCN3C[C@H](C)C[C@H](C)C3)c3ccccc3C(=O)N2C)cc1. The van der Waals surface area contributed by atoms with Gasteiger partial charge in [0.15, 0.2) is 0 Å². The molecule has 2 aliphatic heterocycles. The second-order valence-electron chi connectivity index (χ2n) is 10.0. The van der Waals surface area contributed by atoms with E-state index in [2.05, 4.69) is 24.1 Å². The monoisotopic (exact) mass is 463 g/mol. The van der Waals surface area contributed by atoms with E-state index in [9.17, 15) is 9.59 Å². The molecule has 0 bridgehead atoms. The van der Waals surface area contributed by atoms with Crippen LogP contribution in [-0.4, -0.2) is 62.0 Å². The molecule has 2 amide bonds. The van der Waals surface area contributed by atoms with Gasteiger partial charge in [0.2, 0.25) is 5.91 Å². The lowest BCUT2D eigenvalue weighted by Crippen LogP contribution is -2.46. The van der Waals surface area contributed by atoms with Crippen LogP contribution in [0.25, 0.3) is 0 Å². The number of hydrogen-bond donors (Lipinski definition) is 1. The third-order valence-electron chi connectivity index (χ3n) is 7.21. The van der Waals surface area contributed by atoms with Gasteiger partial charge in [0.25, 0.3) is 5.91 Å². The summed E-state index contributed by atoms with van der Waals surface area (Å²) in [5.74, 6) is 1.64. The molecule has 6 nitrogen and oxygen atoms in total. The highest BCUT2D eigenvalue weighted by Crippen LogP contribution is 2.42. The minimum absolute atomic E-state index is 0.0343. The van der Waals surface area contributed by atoms with Crippen molar-refractivity contribution in [2.75, 3.05) is 40.3 Å². The van der Waals surface area contributed by atoms with Crippen molar-refractivity contribution in [3.8, 4) is 5.75 Å². The molecule has 0 unspecified atom stereocenters. The summed E-state index contributed by atoms with van der Waals surface area (Å²) in [4.78, 5) is 31.0. The molecule has 0 spiro atoms. The van der Waals surface area contributed by atoms with Crippen LogP contribution < -0.4 is 10.1 Å².